The first-order valence-corrected chi connectivity index (χ1v) is 4.15. The van der Waals surface area contributed by atoms with Gasteiger partial charge in [-0.15, -0.1) is 0 Å². The van der Waals surface area contributed by atoms with E-state index in [1.807, 2.05) is 0 Å². The average Bonchev–Trinajstić information content (AvgIpc) is 2.00. The van der Waals surface area contributed by atoms with Crippen LogP contribution in [0.1, 0.15) is 13.8 Å². The lowest BCUT2D eigenvalue weighted by molar-refractivity contribution is -0.314. The minimum atomic E-state index is -1.36. The van der Waals surface area contributed by atoms with Crippen molar-refractivity contribution in [1.29, 1.82) is 0 Å². The minimum absolute atomic E-state index is 0.647. The van der Waals surface area contributed by atoms with Gasteiger partial charge in [-0.2, -0.15) is 0 Å². The molecule has 1 unspecified atom stereocenters. The summed E-state index contributed by atoms with van der Waals surface area (Å²) in [4.78, 5) is 0. The molecule has 4 atom stereocenters. The van der Waals surface area contributed by atoms with Crippen molar-refractivity contribution in [3.05, 3.63) is 0 Å². The normalized spacial score (nSPS) is 44.8. The summed E-state index contributed by atoms with van der Waals surface area (Å²) in [6, 6.07) is 0. The number of aliphatic hydroxyl groups excluding tert-OH is 3. The predicted molar refractivity (Wildman–Crippen MR) is 44.0 cm³/mol. The van der Waals surface area contributed by atoms with Crippen LogP contribution in [0.5, 0.6) is 0 Å². The van der Waals surface area contributed by atoms with E-state index in [0.29, 0.717) is 0 Å². The van der Waals surface area contributed by atoms with Crippen LogP contribution in [0.4, 0.5) is 0 Å². The molecule has 0 spiro atoms. The Morgan fingerprint density at radius 1 is 1.15 bits per heavy atom. The molecule has 0 amide bonds. The van der Waals surface area contributed by atoms with E-state index < -0.39 is 30.2 Å². The van der Waals surface area contributed by atoms with Gasteiger partial charge < -0.3 is 24.8 Å². The van der Waals surface area contributed by atoms with Crippen LogP contribution < -0.4 is 0 Å². The summed E-state index contributed by atoms with van der Waals surface area (Å²) in [5.74, 6) is 0. The second-order valence-electron chi connectivity index (χ2n) is 3.75. The van der Waals surface area contributed by atoms with Crippen molar-refractivity contribution in [3.8, 4) is 0 Å². The molecule has 1 heterocycles. The first kappa shape index (κ1) is 10.9. The van der Waals surface area contributed by atoms with Gasteiger partial charge in [0.05, 0.1) is 5.60 Å². The zero-order valence-electron chi connectivity index (χ0n) is 7.97. The van der Waals surface area contributed by atoms with Crippen molar-refractivity contribution in [2.45, 2.75) is 44.1 Å². The van der Waals surface area contributed by atoms with Crippen molar-refractivity contribution < 1.29 is 24.8 Å². The summed E-state index contributed by atoms with van der Waals surface area (Å²) in [6.45, 7) is 3.36. The Labute approximate surface area is 76.9 Å². The van der Waals surface area contributed by atoms with Gasteiger partial charge in [0.2, 0.25) is 0 Å². The third kappa shape index (κ3) is 1.84. The second kappa shape index (κ2) is 3.51. The molecule has 0 aliphatic carbocycles. The van der Waals surface area contributed by atoms with E-state index in [9.17, 15) is 15.3 Å². The Bertz CT molecular complexity index is 181. The number of hydrogen-bond acceptors (Lipinski definition) is 5. The minimum Gasteiger partial charge on any atom is -0.387 e. The first-order chi connectivity index (χ1) is 5.90. The molecule has 0 aromatic rings. The maximum atomic E-state index is 9.53. The molecule has 1 aliphatic heterocycles. The smallest absolute Gasteiger partial charge is 0.184 e. The Morgan fingerprint density at radius 2 is 1.69 bits per heavy atom. The number of ether oxygens (including phenoxy) is 2. The van der Waals surface area contributed by atoms with Gasteiger partial charge in [-0.3, -0.25) is 0 Å². The van der Waals surface area contributed by atoms with Crippen LogP contribution in [0.15, 0.2) is 0 Å². The predicted octanol–water partition coefficient (Wildman–Crippen LogP) is -1.15. The lowest BCUT2D eigenvalue weighted by Crippen LogP contribution is -2.62. The zero-order chi connectivity index (χ0) is 10.2. The molecule has 1 saturated heterocycles. The first-order valence-electron chi connectivity index (χ1n) is 4.15. The van der Waals surface area contributed by atoms with E-state index in [4.69, 9.17) is 9.47 Å². The highest BCUT2D eigenvalue weighted by molar-refractivity contribution is 4.95. The van der Waals surface area contributed by atoms with Crippen LogP contribution in [-0.4, -0.2) is 52.6 Å². The van der Waals surface area contributed by atoms with Crippen LogP contribution in [0.2, 0.25) is 0 Å². The molecular weight excluding hydrogens is 176 g/mol. The highest BCUT2D eigenvalue weighted by atomic mass is 16.7. The molecule has 5 heteroatoms. The second-order valence-corrected chi connectivity index (χ2v) is 3.75. The molecule has 13 heavy (non-hydrogen) atoms. The maximum absolute atomic E-state index is 9.53. The molecule has 1 rings (SSSR count). The summed E-state index contributed by atoms with van der Waals surface area (Å²) in [5, 5.41) is 28.0. The molecule has 3 N–H and O–H groups in total. The fraction of sp³-hybridized carbons (Fsp3) is 1.00. The van der Waals surface area contributed by atoms with Gasteiger partial charge in [-0.05, 0) is 13.8 Å². The van der Waals surface area contributed by atoms with E-state index in [1.165, 1.54) is 7.11 Å². The largest absolute Gasteiger partial charge is 0.387 e. The number of methoxy groups -OCH3 is 1. The number of rotatable bonds is 1. The molecule has 5 nitrogen and oxygen atoms in total. The fourth-order valence-corrected chi connectivity index (χ4v) is 1.63. The van der Waals surface area contributed by atoms with Crippen molar-refractivity contribution in [2.24, 2.45) is 0 Å². The monoisotopic (exact) mass is 192 g/mol. The van der Waals surface area contributed by atoms with Crippen molar-refractivity contribution in [2.75, 3.05) is 7.11 Å². The summed E-state index contributed by atoms with van der Waals surface area (Å²) in [6.07, 6.45) is -4.47. The molecule has 1 aliphatic rings. The van der Waals surface area contributed by atoms with Gasteiger partial charge in [-0.1, -0.05) is 0 Å². The molecule has 0 radical (unpaired) electrons. The van der Waals surface area contributed by atoms with Crippen LogP contribution in [0, 0.1) is 0 Å². The zero-order valence-corrected chi connectivity index (χ0v) is 7.97. The summed E-state index contributed by atoms with van der Waals surface area (Å²) >= 11 is 0. The van der Waals surface area contributed by atoms with Crippen molar-refractivity contribution in [3.63, 3.8) is 0 Å². The van der Waals surface area contributed by atoms with Gasteiger partial charge in [0.25, 0.3) is 0 Å². The summed E-state index contributed by atoms with van der Waals surface area (Å²) < 4.78 is 10.1. The van der Waals surface area contributed by atoms with E-state index >= 15 is 0 Å². The van der Waals surface area contributed by atoms with Crippen LogP contribution >= 0.6 is 0 Å². The summed E-state index contributed by atoms with van der Waals surface area (Å²) in [5.41, 5.74) is -0.813. The molecule has 78 valence electrons. The van der Waals surface area contributed by atoms with E-state index in [2.05, 4.69) is 0 Å². The van der Waals surface area contributed by atoms with Gasteiger partial charge in [0, 0.05) is 7.11 Å². The maximum Gasteiger partial charge on any atom is 0.184 e. The van der Waals surface area contributed by atoms with Crippen molar-refractivity contribution in [1.82, 2.24) is 0 Å². The lowest BCUT2D eigenvalue weighted by atomic mass is 9.90. The van der Waals surface area contributed by atoms with Crippen LogP contribution in [0.3, 0.4) is 0 Å². The quantitative estimate of drug-likeness (QED) is 0.489. The van der Waals surface area contributed by atoms with Crippen LogP contribution in [0.25, 0.3) is 0 Å². The molecule has 0 aromatic carbocycles. The van der Waals surface area contributed by atoms with Gasteiger partial charge in [0.1, 0.15) is 18.3 Å². The average molecular weight is 192 g/mol. The highest BCUT2D eigenvalue weighted by Crippen LogP contribution is 2.30. The molecule has 0 aromatic heterocycles. The lowest BCUT2D eigenvalue weighted by Gasteiger charge is -2.45. The molecular formula is C8H16O5. The highest BCUT2D eigenvalue weighted by Gasteiger charge is 2.48. The standard InChI is InChI=1S/C8H16O5/c1-8(2)6(12-3)4(9)5(10)7(11)13-8/h4-7,9-11H,1-3H3/t4-,5+,6+,7?/m0/s1. The van der Waals surface area contributed by atoms with Crippen molar-refractivity contribution >= 4 is 0 Å². The molecule has 1 fully saturated rings. The molecule has 0 bridgehead atoms. The van der Waals surface area contributed by atoms with Gasteiger partial charge in [0.15, 0.2) is 6.29 Å². The van der Waals surface area contributed by atoms with Crippen LogP contribution in [-0.2, 0) is 9.47 Å². The topological polar surface area (TPSA) is 79.2 Å². The third-order valence-electron chi connectivity index (χ3n) is 2.32. The Morgan fingerprint density at radius 3 is 2.15 bits per heavy atom. The summed E-state index contributed by atoms with van der Waals surface area (Å²) in [7, 11) is 1.42. The Hall–Kier alpha value is -0.200. The van der Waals surface area contributed by atoms with E-state index in [-0.39, 0.29) is 0 Å². The fourth-order valence-electron chi connectivity index (χ4n) is 1.63. The SMILES string of the molecule is CO[C@@H]1[C@@H](O)[C@@H](O)C(O)OC1(C)C. The van der Waals surface area contributed by atoms with E-state index in [1.54, 1.807) is 13.8 Å². The van der Waals surface area contributed by atoms with E-state index in [0.717, 1.165) is 0 Å². The molecule has 0 saturated carbocycles. The van der Waals surface area contributed by atoms with Gasteiger partial charge in [-0.25, -0.2) is 0 Å². The number of hydrogen-bond donors (Lipinski definition) is 3. The number of aliphatic hydroxyl groups is 3. The Balaban J connectivity index is 2.82. The third-order valence-corrected chi connectivity index (χ3v) is 2.32. The van der Waals surface area contributed by atoms with Gasteiger partial charge >= 0.3 is 0 Å². The Kier molecular flexibility index (Phi) is 2.94.